The lowest BCUT2D eigenvalue weighted by atomic mass is 10.3. The Bertz CT molecular complexity index is 1330. The molecule has 0 bridgehead atoms. The number of ether oxygens (including phenoxy) is 1. The molecule has 1 aliphatic carbocycles. The van der Waals surface area contributed by atoms with Gasteiger partial charge in [-0.15, -0.1) is 0 Å². The monoisotopic (exact) mass is 435 g/mol. The molecule has 9 nitrogen and oxygen atoms in total. The van der Waals surface area contributed by atoms with Crippen molar-refractivity contribution in [3.05, 3.63) is 76.2 Å². The van der Waals surface area contributed by atoms with Crippen LogP contribution in [0.2, 0.25) is 0 Å². The Morgan fingerprint density at radius 1 is 1.25 bits per heavy atom. The van der Waals surface area contributed by atoms with Crippen LogP contribution in [0, 0.1) is 5.82 Å². The maximum absolute atomic E-state index is 13.0. The average molecular weight is 435 g/mol. The quantitative estimate of drug-likeness (QED) is 0.481. The molecule has 0 fully saturated rings. The number of nitrogens with one attached hydrogen (secondary N) is 2. The molecule has 0 unspecified atom stereocenters. The molecule has 0 aliphatic heterocycles. The second-order valence-corrected chi connectivity index (χ2v) is 7.26. The highest BCUT2D eigenvalue weighted by atomic mass is 19.1. The lowest BCUT2D eigenvalue weighted by molar-refractivity contribution is -0.118. The van der Waals surface area contributed by atoms with Gasteiger partial charge in [-0.05, 0) is 55.7 Å². The minimum absolute atomic E-state index is 0.197. The number of amides is 1. The average Bonchev–Trinajstić information content (AvgIpc) is 3.53. The van der Waals surface area contributed by atoms with E-state index in [0.29, 0.717) is 35.6 Å². The first-order valence-electron chi connectivity index (χ1n) is 10.0. The zero-order chi connectivity index (χ0) is 22.1. The highest BCUT2D eigenvalue weighted by molar-refractivity contribution is 5.91. The van der Waals surface area contributed by atoms with Gasteiger partial charge < -0.3 is 14.5 Å². The van der Waals surface area contributed by atoms with Crippen LogP contribution < -0.4 is 15.6 Å². The first kappa shape index (κ1) is 19.7. The molecule has 162 valence electrons. The van der Waals surface area contributed by atoms with E-state index in [1.807, 2.05) is 0 Å². The Kier molecular flexibility index (Phi) is 5.02. The summed E-state index contributed by atoms with van der Waals surface area (Å²) in [6.45, 7) is -0.305. The van der Waals surface area contributed by atoms with Gasteiger partial charge in [0.2, 0.25) is 5.95 Å². The summed E-state index contributed by atoms with van der Waals surface area (Å²) >= 11 is 0. The minimum atomic E-state index is -0.468. The van der Waals surface area contributed by atoms with Crippen LogP contribution in [0.25, 0.3) is 17.4 Å². The first-order chi connectivity index (χ1) is 15.6. The number of nitrogens with zero attached hydrogens (tertiary/aromatic N) is 3. The van der Waals surface area contributed by atoms with Crippen molar-refractivity contribution in [2.75, 3.05) is 11.9 Å². The minimum Gasteiger partial charge on any atom is -0.484 e. The summed E-state index contributed by atoms with van der Waals surface area (Å²) in [4.78, 5) is 32.3. The number of furan rings is 1. The Morgan fingerprint density at radius 3 is 2.88 bits per heavy atom. The predicted molar refractivity (Wildman–Crippen MR) is 112 cm³/mol. The molecule has 1 aliphatic rings. The molecule has 0 atom stereocenters. The van der Waals surface area contributed by atoms with Crippen LogP contribution in [0.3, 0.4) is 0 Å². The number of aromatic nitrogens is 4. The third kappa shape index (κ3) is 3.89. The van der Waals surface area contributed by atoms with Crippen LogP contribution in [-0.4, -0.2) is 32.3 Å². The van der Waals surface area contributed by atoms with Gasteiger partial charge in [-0.25, -0.2) is 9.37 Å². The number of aromatic amines is 1. The molecule has 1 amide bonds. The summed E-state index contributed by atoms with van der Waals surface area (Å²) in [5, 5.41) is 7.18. The van der Waals surface area contributed by atoms with E-state index in [4.69, 9.17) is 9.15 Å². The highest BCUT2D eigenvalue weighted by Crippen LogP contribution is 2.25. The number of aryl methyl sites for hydroxylation is 1. The number of anilines is 1. The van der Waals surface area contributed by atoms with Crippen molar-refractivity contribution in [1.29, 1.82) is 0 Å². The van der Waals surface area contributed by atoms with Crippen LogP contribution in [-0.2, 0) is 17.6 Å². The van der Waals surface area contributed by atoms with E-state index in [1.165, 1.54) is 35.2 Å². The summed E-state index contributed by atoms with van der Waals surface area (Å²) in [6.07, 6.45) is 3.79. The number of hydrogen-bond donors (Lipinski definition) is 2. The van der Waals surface area contributed by atoms with Crippen LogP contribution in [0.1, 0.15) is 17.7 Å². The highest BCUT2D eigenvalue weighted by Gasteiger charge is 2.21. The largest absolute Gasteiger partial charge is 0.484 e. The molecular formula is C22H18FN5O4. The van der Waals surface area contributed by atoms with Gasteiger partial charge in [0.25, 0.3) is 11.5 Å². The van der Waals surface area contributed by atoms with Gasteiger partial charge in [-0.3, -0.25) is 14.6 Å². The zero-order valence-corrected chi connectivity index (χ0v) is 16.8. The normalized spacial score (nSPS) is 12.5. The molecule has 10 heteroatoms. The Hall–Kier alpha value is -4.21. The van der Waals surface area contributed by atoms with Crippen LogP contribution in [0.15, 0.2) is 57.9 Å². The van der Waals surface area contributed by atoms with Crippen LogP contribution in [0.5, 0.6) is 5.75 Å². The molecule has 3 heterocycles. The van der Waals surface area contributed by atoms with Crippen molar-refractivity contribution in [2.24, 2.45) is 0 Å². The van der Waals surface area contributed by atoms with E-state index >= 15 is 0 Å². The van der Waals surface area contributed by atoms with E-state index in [2.05, 4.69) is 20.4 Å². The van der Waals surface area contributed by atoms with Crippen molar-refractivity contribution < 1.29 is 18.3 Å². The van der Waals surface area contributed by atoms with E-state index in [9.17, 15) is 14.0 Å². The van der Waals surface area contributed by atoms with Gasteiger partial charge in [0.15, 0.2) is 12.4 Å². The number of hydrogen-bond acceptors (Lipinski definition) is 6. The van der Waals surface area contributed by atoms with Crippen molar-refractivity contribution in [1.82, 2.24) is 19.7 Å². The van der Waals surface area contributed by atoms with E-state index in [0.717, 1.165) is 12.1 Å². The topological polar surface area (TPSA) is 115 Å². The Labute approximate surface area is 180 Å². The van der Waals surface area contributed by atoms with Crippen molar-refractivity contribution in [3.63, 3.8) is 0 Å². The number of rotatable bonds is 6. The Morgan fingerprint density at radius 2 is 2.09 bits per heavy atom. The number of benzene rings is 1. The van der Waals surface area contributed by atoms with E-state index < -0.39 is 11.7 Å². The number of carbonyl (C=O) groups excluding carboxylic acids is 1. The van der Waals surface area contributed by atoms with Crippen molar-refractivity contribution in [2.45, 2.75) is 19.3 Å². The lowest BCUT2D eigenvalue weighted by Crippen LogP contribution is -2.24. The number of fused-ring (bicyclic) bond motifs is 1. The van der Waals surface area contributed by atoms with Crippen molar-refractivity contribution in [3.8, 4) is 23.2 Å². The third-order valence-electron chi connectivity index (χ3n) is 5.06. The van der Waals surface area contributed by atoms with E-state index in [1.54, 1.807) is 18.2 Å². The third-order valence-corrected chi connectivity index (χ3v) is 5.06. The summed E-state index contributed by atoms with van der Waals surface area (Å²) in [5.41, 5.74) is 1.66. The summed E-state index contributed by atoms with van der Waals surface area (Å²) in [6, 6.07) is 10.4. The van der Waals surface area contributed by atoms with Crippen molar-refractivity contribution >= 4 is 11.7 Å². The fraction of sp³-hybridized carbons (Fsp3) is 0.182. The van der Waals surface area contributed by atoms with Gasteiger partial charge in [-0.1, -0.05) is 0 Å². The molecule has 32 heavy (non-hydrogen) atoms. The molecule has 0 saturated carbocycles. The summed E-state index contributed by atoms with van der Waals surface area (Å²) in [7, 11) is 0. The molecule has 2 N–H and O–H groups in total. The zero-order valence-electron chi connectivity index (χ0n) is 16.8. The number of carbonyl (C=O) groups is 1. The van der Waals surface area contributed by atoms with Gasteiger partial charge in [-0.2, -0.15) is 9.78 Å². The number of H-pyrrole nitrogens is 1. The van der Waals surface area contributed by atoms with Gasteiger partial charge >= 0.3 is 0 Å². The Balaban J connectivity index is 1.43. The molecular weight excluding hydrogens is 417 g/mol. The number of halogens is 1. The fourth-order valence-electron chi connectivity index (χ4n) is 3.56. The molecule has 4 aromatic rings. The standard InChI is InChI=1S/C22H18FN5O4/c23-13-6-8-14(9-7-13)32-12-20(29)25-19-11-17(18-5-2-10-31-18)27-28(19)22-24-16-4-1-3-15(16)21(30)26-22/h2,5-11H,1,3-4,12H2,(H,25,29)(H,24,26,30). The summed E-state index contributed by atoms with van der Waals surface area (Å²) < 4.78 is 25.2. The second-order valence-electron chi connectivity index (χ2n) is 7.26. The van der Waals surface area contributed by atoms with Gasteiger partial charge in [0.05, 0.1) is 12.0 Å². The molecule has 1 aromatic carbocycles. The van der Waals surface area contributed by atoms with Crippen LogP contribution in [0.4, 0.5) is 10.2 Å². The maximum atomic E-state index is 13.0. The maximum Gasteiger partial charge on any atom is 0.263 e. The van der Waals surface area contributed by atoms with E-state index in [-0.39, 0.29) is 23.9 Å². The fourth-order valence-corrected chi connectivity index (χ4v) is 3.56. The summed E-state index contributed by atoms with van der Waals surface area (Å²) in [5.74, 6) is 0.464. The molecule has 0 radical (unpaired) electrons. The smallest absolute Gasteiger partial charge is 0.263 e. The first-order valence-corrected chi connectivity index (χ1v) is 10.0. The van der Waals surface area contributed by atoms with Gasteiger partial charge in [0.1, 0.15) is 23.1 Å². The predicted octanol–water partition coefficient (Wildman–Crippen LogP) is 2.86. The lowest BCUT2D eigenvalue weighted by Gasteiger charge is -2.10. The molecule has 5 rings (SSSR count). The molecule has 0 spiro atoms. The molecule has 0 saturated heterocycles. The second kappa shape index (κ2) is 8.14. The van der Waals surface area contributed by atoms with Crippen LogP contribution >= 0.6 is 0 Å². The molecule has 3 aromatic heterocycles. The van der Waals surface area contributed by atoms with Gasteiger partial charge in [0, 0.05) is 11.6 Å². The SMILES string of the molecule is O=C(COc1ccc(F)cc1)Nc1cc(-c2ccco2)nn1-c1nc2c(c(=O)[nH]1)CCC2.